The van der Waals surface area contributed by atoms with Crippen molar-refractivity contribution in [2.45, 2.75) is 116 Å². The number of H-pyrrole nitrogens is 1. The number of carboxylic acid groups (broad SMARTS) is 2. The minimum absolute atomic E-state index is 0.0374. The van der Waals surface area contributed by atoms with Crippen molar-refractivity contribution in [1.29, 1.82) is 0 Å². The second-order valence-corrected chi connectivity index (χ2v) is 15.3. The maximum Gasteiger partial charge on any atom is 0.326 e. The molecule has 332 valence electrons. The van der Waals surface area contributed by atoms with E-state index in [-0.39, 0.29) is 38.1 Å². The summed E-state index contributed by atoms with van der Waals surface area (Å²) in [6.07, 6.45) is 2.12. The van der Waals surface area contributed by atoms with Crippen LogP contribution in [0.15, 0.2) is 60.8 Å². The summed E-state index contributed by atoms with van der Waals surface area (Å²) < 4.78 is 0. The molecule has 8 atom stereocenters. The number of nitrogens with one attached hydrogen (secondary N) is 7. The van der Waals surface area contributed by atoms with Gasteiger partial charge in [0.2, 0.25) is 35.4 Å². The molecule has 0 bridgehead atoms. The number of para-hydroxylation sites is 1. The standard InChI is InChI=1S/C43H60N8O10/c1-6-24(3)36(41(58)49-34(43(60)61)21-28-23-46-31-18-12-11-16-29(28)31)51-42(59)37(25(4)7-2)50-40(57)33(22-35(53)54)48-38(55)30(44)17-13-19-45-39(56)32(47-26(5)52)20-27-14-9-8-10-15-27/h8-12,14-16,18,23-25,30,32-34,36-37,46H,6-7,13,17,19-22,44H2,1-5H3,(H,45,56)(H,47,52)(H,48,55)(H,49,58)(H,50,57)(H,51,59)(H,53,54)(H,60,61)/t24-,25-,30-,32-,33-,34-,36-,37-/m0/s1. The predicted molar refractivity (Wildman–Crippen MR) is 226 cm³/mol. The van der Waals surface area contributed by atoms with E-state index in [1.807, 2.05) is 54.6 Å². The first-order valence-electron chi connectivity index (χ1n) is 20.5. The topological polar surface area (TPSA) is 291 Å². The van der Waals surface area contributed by atoms with Crippen LogP contribution in [0.1, 0.15) is 77.8 Å². The first-order chi connectivity index (χ1) is 28.9. The third-order valence-corrected chi connectivity index (χ3v) is 10.6. The molecule has 0 fully saturated rings. The van der Waals surface area contributed by atoms with Crippen LogP contribution in [-0.2, 0) is 51.2 Å². The van der Waals surface area contributed by atoms with E-state index in [0.29, 0.717) is 18.4 Å². The molecule has 0 aliphatic carbocycles. The first-order valence-corrected chi connectivity index (χ1v) is 20.5. The van der Waals surface area contributed by atoms with E-state index in [4.69, 9.17) is 5.73 Å². The Bertz CT molecular complexity index is 1990. The van der Waals surface area contributed by atoms with Crippen molar-refractivity contribution >= 4 is 58.3 Å². The van der Waals surface area contributed by atoms with Crippen molar-refractivity contribution in [3.8, 4) is 0 Å². The fourth-order valence-corrected chi connectivity index (χ4v) is 6.64. The minimum Gasteiger partial charge on any atom is -0.481 e. The maximum atomic E-state index is 13.9. The molecule has 6 amide bonds. The van der Waals surface area contributed by atoms with Crippen LogP contribution in [0.3, 0.4) is 0 Å². The fraction of sp³-hybridized carbons (Fsp3) is 0.488. The molecular formula is C43H60N8O10. The minimum atomic E-state index is -1.64. The Morgan fingerprint density at radius 2 is 1.25 bits per heavy atom. The fourth-order valence-electron chi connectivity index (χ4n) is 6.64. The highest BCUT2D eigenvalue weighted by Gasteiger charge is 2.36. The second-order valence-electron chi connectivity index (χ2n) is 15.3. The number of aliphatic carboxylic acids is 2. The van der Waals surface area contributed by atoms with Gasteiger partial charge in [-0.15, -0.1) is 0 Å². The molecule has 0 saturated carbocycles. The lowest BCUT2D eigenvalue weighted by molar-refractivity contribution is -0.142. The van der Waals surface area contributed by atoms with Gasteiger partial charge >= 0.3 is 11.9 Å². The van der Waals surface area contributed by atoms with Gasteiger partial charge in [0, 0.05) is 43.4 Å². The molecule has 0 saturated heterocycles. The summed E-state index contributed by atoms with van der Waals surface area (Å²) in [7, 11) is 0. The van der Waals surface area contributed by atoms with Crippen LogP contribution < -0.4 is 37.6 Å². The van der Waals surface area contributed by atoms with Gasteiger partial charge in [-0.25, -0.2) is 4.79 Å². The molecule has 2 aromatic carbocycles. The summed E-state index contributed by atoms with van der Waals surface area (Å²) in [5, 5.41) is 36.0. The Labute approximate surface area is 354 Å². The molecule has 1 heterocycles. The van der Waals surface area contributed by atoms with Crippen molar-refractivity contribution in [3.05, 3.63) is 71.9 Å². The Balaban J connectivity index is 1.65. The molecule has 0 aliphatic rings. The van der Waals surface area contributed by atoms with Crippen molar-refractivity contribution < 1.29 is 48.6 Å². The molecule has 11 N–H and O–H groups in total. The summed E-state index contributed by atoms with van der Waals surface area (Å²) in [4.78, 5) is 106. The van der Waals surface area contributed by atoms with Crippen LogP contribution >= 0.6 is 0 Å². The molecular weight excluding hydrogens is 789 g/mol. The molecule has 18 nitrogen and oxygen atoms in total. The number of carbonyl (C=O) groups is 8. The summed E-state index contributed by atoms with van der Waals surface area (Å²) >= 11 is 0. The molecule has 0 aliphatic heterocycles. The van der Waals surface area contributed by atoms with Gasteiger partial charge in [-0.05, 0) is 41.9 Å². The third kappa shape index (κ3) is 15.3. The molecule has 3 rings (SSSR count). The quantitative estimate of drug-likeness (QED) is 0.0542. The highest BCUT2D eigenvalue weighted by molar-refractivity contribution is 5.97. The van der Waals surface area contributed by atoms with E-state index >= 15 is 0 Å². The van der Waals surface area contributed by atoms with E-state index in [1.54, 1.807) is 33.9 Å². The highest BCUT2D eigenvalue weighted by Crippen LogP contribution is 2.20. The number of carboxylic acids is 2. The molecule has 0 unspecified atom stereocenters. The van der Waals surface area contributed by atoms with Crippen molar-refractivity contribution in [3.63, 3.8) is 0 Å². The van der Waals surface area contributed by atoms with Crippen LogP contribution in [0.5, 0.6) is 0 Å². The number of rotatable bonds is 25. The zero-order valence-corrected chi connectivity index (χ0v) is 35.3. The lowest BCUT2D eigenvalue weighted by Gasteiger charge is -2.30. The van der Waals surface area contributed by atoms with Gasteiger partial charge in [0.05, 0.1) is 12.5 Å². The normalized spacial score (nSPS) is 15.0. The molecule has 0 spiro atoms. The van der Waals surface area contributed by atoms with Crippen molar-refractivity contribution in [2.24, 2.45) is 17.6 Å². The third-order valence-electron chi connectivity index (χ3n) is 10.6. The van der Waals surface area contributed by atoms with Gasteiger partial charge < -0.3 is 52.8 Å². The molecule has 3 aromatic rings. The van der Waals surface area contributed by atoms with E-state index < -0.39 is 96.0 Å². The van der Waals surface area contributed by atoms with Crippen LogP contribution in [0.4, 0.5) is 0 Å². The van der Waals surface area contributed by atoms with Gasteiger partial charge in [-0.1, -0.05) is 89.1 Å². The molecule has 0 radical (unpaired) electrons. The van der Waals surface area contributed by atoms with E-state index in [0.717, 1.165) is 16.5 Å². The van der Waals surface area contributed by atoms with Crippen LogP contribution in [-0.4, -0.2) is 105 Å². The summed E-state index contributed by atoms with van der Waals surface area (Å²) in [6, 6.07) is 8.95. The van der Waals surface area contributed by atoms with Crippen molar-refractivity contribution in [1.82, 2.24) is 36.9 Å². The van der Waals surface area contributed by atoms with Gasteiger partial charge in [-0.3, -0.25) is 33.6 Å². The number of amides is 6. The largest absolute Gasteiger partial charge is 0.481 e. The van der Waals surface area contributed by atoms with Crippen LogP contribution in [0.25, 0.3) is 10.9 Å². The smallest absolute Gasteiger partial charge is 0.326 e. The zero-order chi connectivity index (χ0) is 45.2. The molecule has 18 heteroatoms. The Morgan fingerprint density at radius 3 is 1.84 bits per heavy atom. The zero-order valence-electron chi connectivity index (χ0n) is 35.3. The average Bonchev–Trinajstić information content (AvgIpc) is 3.64. The summed E-state index contributed by atoms with van der Waals surface area (Å²) in [6.45, 7) is 8.35. The van der Waals surface area contributed by atoms with E-state index in [9.17, 15) is 48.6 Å². The number of nitrogens with two attached hydrogens (primary N) is 1. The average molecular weight is 849 g/mol. The summed E-state index contributed by atoms with van der Waals surface area (Å²) in [5.41, 5.74) is 8.42. The number of benzene rings is 2. The van der Waals surface area contributed by atoms with Crippen LogP contribution in [0, 0.1) is 11.8 Å². The molecule has 1 aromatic heterocycles. The van der Waals surface area contributed by atoms with Gasteiger partial charge in [-0.2, -0.15) is 0 Å². The Morgan fingerprint density at radius 1 is 0.672 bits per heavy atom. The maximum absolute atomic E-state index is 13.9. The predicted octanol–water partition coefficient (Wildman–Crippen LogP) is 1.27. The van der Waals surface area contributed by atoms with Crippen LogP contribution in [0.2, 0.25) is 0 Å². The number of carbonyl (C=O) groups excluding carboxylic acids is 6. The lowest BCUT2D eigenvalue weighted by Crippen LogP contribution is -2.61. The van der Waals surface area contributed by atoms with E-state index in [1.165, 1.54) is 6.92 Å². The Hall–Kier alpha value is -6.30. The number of aromatic nitrogens is 1. The first kappa shape index (κ1) is 49.1. The number of aromatic amines is 1. The summed E-state index contributed by atoms with van der Waals surface area (Å²) in [5.74, 6) is -7.84. The number of hydrogen-bond acceptors (Lipinski definition) is 9. The number of hydrogen-bond donors (Lipinski definition) is 10. The van der Waals surface area contributed by atoms with Crippen molar-refractivity contribution in [2.75, 3.05) is 6.54 Å². The monoisotopic (exact) mass is 848 g/mol. The SMILES string of the molecule is CC[C@H](C)[C@H](NC(=O)[C@H](CC(=O)O)NC(=O)[C@@H](N)CCCNC(=O)[C@H](Cc1ccccc1)NC(C)=O)C(=O)N[C@H](C(=O)N[C@@H](Cc1c[nH]c2ccccc12)C(=O)O)[C@@H](C)CC. The highest BCUT2D eigenvalue weighted by atomic mass is 16.4. The van der Waals surface area contributed by atoms with Gasteiger partial charge in [0.15, 0.2) is 0 Å². The lowest BCUT2D eigenvalue weighted by atomic mass is 9.94. The Kier molecular flexibility index (Phi) is 19.4. The van der Waals surface area contributed by atoms with Gasteiger partial charge in [0.1, 0.15) is 30.2 Å². The second kappa shape index (κ2) is 24.1. The molecule has 61 heavy (non-hydrogen) atoms. The number of fused-ring (bicyclic) bond motifs is 1. The van der Waals surface area contributed by atoms with Gasteiger partial charge in [0.25, 0.3) is 0 Å². The van der Waals surface area contributed by atoms with E-state index in [2.05, 4.69) is 36.9 Å².